The van der Waals surface area contributed by atoms with Crippen LogP contribution in [0.25, 0.3) is 0 Å². The SMILES string of the molecule is O=C(O)CN(C1CC1)[C@@H]1CCN(Cc2ccccc2)C1. The number of carbonyl (C=O) groups is 1. The summed E-state index contributed by atoms with van der Waals surface area (Å²) in [6.07, 6.45) is 3.43. The van der Waals surface area contributed by atoms with E-state index in [4.69, 9.17) is 5.11 Å². The van der Waals surface area contributed by atoms with E-state index in [1.807, 2.05) is 6.07 Å². The first kappa shape index (κ1) is 13.6. The monoisotopic (exact) mass is 274 g/mol. The third-order valence-corrected chi connectivity index (χ3v) is 4.30. The lowest BCUT2D eigenvalue weighted by Gasteiger charge is -2.27. The van der Waals surface area contributed by atoms with Crippen molar-refractivity contribution in [3.8, 4) is 0 Å². The van der Waals surface area contributed by atoms with Crippen molar-refractivity contribution in [1.29, 1.82) is 0 Å². The Hall–Kier alpha value is -1.39. The van der Waals surface area contributed by atoms with Crippen LogP contribution in [-0.2, 0) is 11.3 Å². The first-order chi connectivity index (χ1) is 9.72. The van der Waals surface area contributed by atoms with Gasteiger partial charge < -0.3 is 5.11 Å². The molecule has 2 fully saturated rings. The highest BCUT2D eigenvalue weighted by molar-refractivity contribution is 5.69. The fourth-order valence-corrected chi connectivity index (χ4v) is 3.19. The standard InChI is InChI=1S/C16H22N2O2/c19-16(20)12-18(14-6-7-14)15-8-9-17(11-15)10-13-4-2-1-3-5-13/h1-5,14-15H,6-12H2,(H,19,20)/t15-/m1/s1. The van der Waals surface area contributed by atoms with Gasteiger partial charge in [-0.1, -0.05) is 30.3 Å². The first-order valence-electron chi connectivity index (χ1n) is 7.46. The molecule has 1 aromatic rings. The van der Waals surface area contributed by atoms with Crippen LogP contribution in [-0.4, -0.2) is 52.6 Å². The minimum atomic E-state index is -0.696. The van der Waals surface area contributed by atoms with Crippen molar-refractivity contribution in [3.05, 3.63) is 35.9 Å². The van der Waals surface area contributed by atoms with E-state index in [1.54, 1.807) is 0 Å². The van der Waals surface area contributed by atoms with Gasteiger partial charge in [-0.05, 0) is 24.8 Å². The zero-order chi connectivity index (χ0) is 13.9. The van der Waals surface area contributed by atoms with Crippen LogP contribution in [0.15, 0.2) is 30.3 Å². The second kappa shape index (κ2) is 5.94. The molecule has 1 N–H and O–H groups in total. The molecule has 2 aliphatic rings. The lowest BCUT2D eigenvalue weighted by molar-refractivity contribution is -0.139. The quantitative estimate of drug-likeness (QED) is 0.859. The number of nitrogens with zero attached hydrogens (tertiary/aromatic N) is 2. The summed E-state index contributed by atoms with van der Waals surface area (Å²) in [4.78, 5) is 15.7. The average molecular weight is 274 g/mol. The molecule has 0 unspecified atom stereocenters. The van der Waals surface area contributed by atoms with Crippen LogP contribution in [0.1, 0.15) is 24.8 Å². The largest absolute Gasteiger partial charge is 0.480 e. The third-order valence-electron chi connectivity index (χ3n) is 4.30. The number of benzene rings is 1. The molecule has 3 rings (SSSR count). The Morgan fingerprint density at radius 2 is 1.95 bits per heavy atom. The number of carboxylic acids is 1. The number of hydrogen-bond acceptors (Lipinski definition) is 3. The molecule has 108 valence electrons. The van der Waals surface area contributed by atoms with E-state index in [0.717, 1.165) is 26.1 Å². The van der Waals surface area contributed by atoms with Gasteiger partial charge in [-0.15, -0.1) is 0 Å². The predicted octanol–water partition coefficient (Wildman–Crippen LogP) is 1.81. The van der Waals surface area contributed by atoms with E-state index in [0.29, 0.717) is 12.1 Å². The van der Waals surface area contributed by atoms with Crippen LogP contribution in [0.3, 0.4) is 0 Å². The van der Waals surface area contributed by atoms with Gasteiger partial charge in [0.1, 0.15) is 0 Å². The number of rotatable bonds is 6. The molecule has 0 amide bonds. The van der Waals surface area contributed by atoms with Crippen LogP contribution < -0.4 is 0 Å². The Kier molecular flexibility index (Phi) is 4.03. The maximum absolute atomic E-state index is 11.0. The van der Waals surface area contributed by atoms with Gasteiger partial charge >= 0.3 is 5.97 Å². The molecule has 0 radical (unpaired) electrons. The molecule has 1 aliphatic carbocycles. The lowest BCUT2D eigenvalue weighted by atomic mass is 10.2. The molecule has 0 bridgehead atoms. The molecule has 1 aliphatic heterocycles. The Labute approximate surface area is 120 Å². The fourth-order valence-electron chi connectivity index (χ4n) is 3.19. The van der Waals surface area contributed by atoms with Gasteiger partial charge in [0.05, 0.1) is 6.54 Å². The van der Waals surface area contributed by atoms with E-state index in [9.17, 15) is 4.79 Å². The van der Waals surface area contributed by atoms with Gasteiger partial charge in [-0.2, -0.15) is 0 Å². The molecular formula is C16H22N2O2. The minimum Gasteiger partial charge on any atom is -0.480 e. The molecule has 20 heavy (non-hydrogen) atoms. The van der Waals surface area contributed by atoms with Crippen LogP contribution in [0.4, 0.5) is 0 Å². The van der Waals surface area contributed by atoms with E-state index in [-0.39, 0.29) is 6.54 Å². The van der Waals surface area contributed by atoms with Crippen molar-refractivity contribution >= 4 is 5.97 Å². The van der Waals surface area contributed by atoms with E-state index in [2.05, 4.69) is 34.1 Å². The highest BCUT2D eigenvalue weighted by Crippen LogP contribution is 2.31. The maximum Gasteiger partial charge on any atom is 0.317 e. The second-order valence-electron chi connectivity index (χ2n) is 5.96. The van der Waals surface area contributed by atoms with Crippen LogP contribution in [0, 0.1) is 0 Å². The van der Waals surface area contributed by atoms with E-state index >= 15 is 0 Å². The van der Waals surface area contributed by atoms with Crippen molar-refractivity contribution in [2.45, 2.75) is 37.9 Å². The second-order valence-corrected chi connectivity index (χ2v) is 5.96. The van der Waals surface area contributed by atoms with Gasteiger partial charge in [0, 0.05) is 31.7 Å². The highest BCUT2D eigenvalue weighted by atomic mass is 16.4. The summed E-state index contributed by atoms with van der Waals surface area (Å²) in [5, 5.41) is 9.07. The average Bonchev–Trinajstić information content (AvgIpc) is 3.17. The zero-order valence-electron chi connectivity index (χ0n) is 11.7. The molecular weight excluding hydrogens is 252 g/mol. The van der Waals surface area contributed by atoms with Crippen molar-refractivity contribution in [2.75, 3.05) is 19.6 Å². The number of hydrogen-bond donors (Lipinski definition) is 1. The zero-order valence-corrected chi connectivity index (χ0v) is 11.7. The minimum absolute atomic E-state index is 0.203. The van der Waals surface area contributed by atoms with Crippen molar-refractivity contribution in [3.63, 3.8) is 0 Å². The fraction of sp³-hybridized carbons (Fsp3) is 0.562. The molecule has 1 heterocycles. The van der Waals surface area contributed by atoms with Crippen LogP contribution >= 0.6 is 0 Å². The van der Waals surface area contributed by atoms with Gasteiger partial charge in [-0.25, -0.2) is 0 Å². The number of carboxylic acid groups (broad SMARTS) is 1. The summed E-state index contributed by atoms with van der Waals surface area (Å²) in [6.45, 7) is 3.25. The summed E-state index contributed by atoms with van der Waals surface area (Å²) in [6, 6.07) is 11.4. The molecule has 1 atom stereocenters. The molecule has 4 nitrogen and oxygen atoms in total. The Morgan fingerprint density at radius 1 is 1.20 bits per heavy atom. The van der Waals surface area contributed by atoms with Gasteiger partial charge in [0.25, 0.3) is 0 Å². The van der Waals surface area contributed by atoms with E-state index < -0.39 is 5.97 Å². The summed E-state index contributed by atoms with van der Waals surface area (Å²) in [7, 11) is 0. The molecule has 1 saturated carbocycles. The predicted molar refractivity (Wildman–Crippen MR) is 77.5 cm³/mol. The summed E-state index contributed by atoms with van der Waals surface area (Å²) >= 11 is 0. The van der Waals surface area contributed by atoms with Crippen molar-refractivity contribution in [2.24, 2.45) is 0 Å². The normalized spacial score (nSPS) is 23.4. The molecule has 0 spiro atoms. The molecule has 1 aromatic carbocycles. The summed E-state index contributed by atoms with van der Waals surface area (Å²) in [5.41, 5.74) is 1.34. The molecule has 1 saturated heterocycles. The summed E-state index contributed by atoms with van der Waals surface area (Å²) < 4.78 is 0. The number of likely N-dealkylation sites (tertiary alicyclic amines) is 1. The smallest absolute Gasteiger partial charge is 0.317 e. The van der Waals surface area contributed by atoms with Crippen molar-refractivity contribution < 1.29 is 9.90 Å². The molecule has 4 heteroatoms. The topological polar surface area (TPSA) is 43.8 Å². The Balaban J connectivity index is 1.56. The Bertz CT molecular complexity index is 459. The third kappa shape index (κ3) is 3.38. The van der Waals surface area contributed by atoms with Gasteiger partial charge in [0.15, 0.2) is 0 Å². The maximum atomic E-state index is 11.0. The van der Waals surface area contributed by atoms with Crippen LogP contribution in [0.2, 0.25) is 0 Å². The van der Waals surface area contributed by atoms with Crippen LogP contribution in [0.5, 0.6) is 0 Å². The highest BCUT2D eigenvalue weighted by Gasteiger charge is 2.37. The summed E-state index contributed by atoms with van der Waals surface area (Å²) in [5.74, 6) is -0.696. The molecule has 0 aromatic heterocycles. The van der Waals surface area contributed by atoms with Gasteiger partial charge in [0.2, 0.25) is 0 Å². The van der Waals surface area contributed by atoms with Crippen molar-refractivity contribution in [1.82, 2.24) is 9.80 Å². The lowest BCUT2D eigenvalue weighted by Crippen LogP contribution is -2.42. The Morgan fingerprint density at radius 3 is 2.60 bits per heavy atom. The van der Waals surface area contributed by atoms with Gasteiger partial charge in [-0.3, -0.25) is 14.6 Å². The number of aliphatic carboxylic acids is 1. The first-order valence-corrected chi connectivity index (χ1v) is 7.46. The van der Waals surface area contributed by atoms with E-state index in [1.165, 1.54) is 18.4 Å².